The Bertz CT molecular complexity index is 1030. The van der Waals surface area contributed by atoms with Gasteiger partial charge in [-0.15, -0.1) is 0 Å². The summed E-state index contributed by atoms with van der Waals surface area (Å²) in [5.41, 5.74) is 5.50. The first-order valence-electron chi connectivity index (χ1n) is 8.46. The summed E-state index contributed by atoms with van der Waals surface area (Å²) in [5, 5.41) is 1.10. The molecule has 0 N–H and O–H groups in total. The smallest absolute Gasteiger partial charge is 0.159 e. The van der Waals surface area contributed by atoms with Crippen LogP contribution in [-0.2, 0) is 6.54 Å². The zero-order chi connectivity index (χ0) is 17.2. The normalized spacial score (nSPS) is 10.9. The number of ketones is 1. The molecule has 3 aromatic carbocycles. The minimum absolute atomic E-state index is 0.0963. The van der Waals surface area contributed by atoms with Gasteiger partial charge in [0, 0.05) is 28.7 Å². The fraction of sp³-hybridized carbons (Fsp3) is 0.0870. The fourth-order valence-electron chi connectivity index (χ4n) is 3.27. The molecule has 0 saturated heterocycles. The lowest BCUT2D eigenvalue weighted by Gasteiger charge is -2.11. The highest BCUT2D eigenvalue weighted by Gasteiger charge is 2.12. The van der Waals surface area contributed by atoms with E-state index in [4.69, 9.17) is 0 Å². The molecule has 1 heterocycles. The maximum absolute atomic E-state index is 11.7. The van der Waals surface area contributed by atoms with Crippen LogP contribution in [0.2, 0.25) is 0 Å². The standard InChI is InChI=1S/C23H19NO/c1-17(25)20-12-13-22-21(14-20)15-23(19-10-6-3-7-11-19)24(22)16-18-8-4-2-5-9-18/h2-15H,16H2,1H3. The molecule has 0 radical (unpaired) electrons. The van der Waals surface area contributed by atoms with Crippen molar-refractivity contribution >= 4 is 16.7 Å². The van der Waals surface area contributed by atoms with Gasteiger partial charge < -0.3 is 4.57 Å². The van der Waals surface area contributed by atoms with Gasteiger partial charge in [-0.3, -0.25) is 4.79 Å². The van der Waals surface area contributed by atoms with Crippen molar-refractivity contribution in [3.63, 3.8) is 0 Å². The van der Waals surface area contributed by atoms with Crippen molar-refractivity contribution < 1.29 is 4.79 Å². The first-order valence-corrected chi connectivity index (χ1v) is 8.46. The molecule has 122 valence electrons. The monoisotopic (exact) mass is 325 g/mol. The van der Waals surface area contributed by atoms with Gasteiger partial charge in [0.2, 0.25) is 0 Å². The summed E-state index contributed by atoms with van der Waals surface area (Å²) in [5.74, 6) is 0.0963. The predicted molar refractivity (Wildman–Crippen MR) is 103 cm³/mol. The summed E-state index contributed by atoms with van der Waals surface area (Å²) in [4.78, 5) is 11.7. The Labute approximate surface area is 147 Å². The van der Waals surface area contributed by atoms with Crippen molar-refractivity contribution in [2.45, 2.75) is 13.5 Å². The van der Waals surface area contributed by atoms with Crippen LogP contribution >= 0.6 is 0 Å². The van der Waals surface area contributed by atoms with Crippen molar-refractivity contribution in [1.29, 1.82) is 0 Å². The van der Waals surface area contributed by atoms with Crippen LogP contribution in [0.3, 0.4) is 0 Å². The van der Waals surface area contributed by atoms with Crippen molar-refractivity contribution in [2.75, 3.05) is 0 Å². The zero-order valence-corrected chi connectivity index (χ0v) is 14.1. The van der Waals surface area contributed by atoms with Gasteiger partial charge in [-0.05, 0) is 42.3 Å². The van der Waals surface area contributed by atoms with Gasteiger partial charge in [0.1, 0.15) is 0 Å². The first-order chi connectivity index (χ1) is 12.2. The molecule has 0 atom stereocenters. The van der Waals surface area contributed by atoms with Crippen LogP contribution in [0, 0.1) is 0 Å². The second-order valence-electron chi connectivity index (χ2n) is 6.30. The summed E-state index contributed by atoms with van der Waals surface area (Å²) in [7, 11) is 0. The number of fused-ring (bicyclic) bond motifs is 1. The molecular weight excluding hydrogens is 306 g/mol. The maximum Gasteiger partial charge on any atom is 0.159 e. The maximum atomic E-state index is 11.7. The van der Waals surface area contributed by atoms with E-state index >= 15 is 0 Å². The molecule has 0 aliphatic carbocycles. The van der Waals surface area contributed by atoms with E-state index in [0.717, 1.165) is 23.0 Å². The molecule has 0 aliphatic rings. The molecule has 25 heavy (non-hydrogen) atoms. The van der Waals surface area contributed by atoms with Crippen molar-refractivity contribution in [3.05, 3.63) is 96.1 Å². The van der Waals surface area contributed by atoms with Crippen LogP contribution in [0.25, 0.3) is 22.2 Å². The lowest BCUT2D eigenvalue weighted by atomic mass is 10.1. The molecule has 0 spiro atoms. The third-order valence-electron chi connectivity index (χ3n) is 4.56. The molecular formula is C23H19NO. The average Bonchev–Trinajstić information content (AvgIpc) is 3.01. The molecule has 0 bridgehead atoms. The van der Waals surface area contributed by atoms with Gasteiger partial charge in [0.25, 0.3) is 0 Å². The fourth-order valence-corrected chi connectivity index (χ4v) is 3.27. The Balaban J connectivity index is 1.92. The number of aromatic nitrogens is 1. The van der Waals surface area contributed by atoms with E-state index in [-0.39, 0.29) is 5.78 Å². The lowest BCUT2D eigenvalue weighted by molar-refractivity contribution is 0.101. The van der Waals surface area contributed by atoms with Gasteiger partial charge in [0.15, 0.2) is 5.78 Å². The largest absolute Gasteiger partial charge is 0.336 e. The van der Waals surface area contributed by atoms with E-state index in [1.807, 2.05) is 24.3 Å². The number of hydrogen-bond donors (Lipinski definition) is 0. The SMILES string of the molecule is CC(=O)c1ccc2c(c1)cc(-c1ccccc1)n2Cc1ccccc1. The number of carbonyl (C=O) groups is 1. The molecule has 4 aromatic rings. The number of hydrogen-bond acceptors (Lipinski definition) is 1. The number of rotatable bonds is 4. The molecule has 0 amide bonds. The van der Waals surface area contributed by atoms with Crippen LogP contribution in [0.5, 0.6) is 0 Å². The Morgan fingerprint density at radius 2 is 1.52 bits per heavy atom. The topological polar surface area (TPSA) is 22.0 Å². The highest BCUT2D eigenvalue weighted by molar-refractivity contribution is 5.99. The highest BCUT2D eigenvalue weighted by atomic mass is 16.1. The summed E-state index contributed by atoms with van der Waals surface area (Å²) >= 11 is 0. The van der Waals surface area contributed by atoms with Gasteiger partial charge in [-0.25, -0.2) is 0 Å². The molecule has 0 saturated carbocycles. The first kappa shape index (κ1) is 15.4. The van der Waals surface area contributed by atoms with Crippen LogP contribution in [0.4, 0.5) is 0 Å². The number of Topliss-reactive ketones (excluding diaryl/α,β-unsaturated/α-hetero) is 1. The second-order valence-corrected chi connectivity index (χ2v) is 6.30. The molecule has 0 fully saturated rings. The molecule has 0 aliphatic heterocycles. The third kappa shape index (κ3) is 2.99. The Morgan fingerprint density at radius 1 is 0.840 bits per heavy atom. The van der Waals surface area contributed by atoms with E-state index < -0.39 is 0 Å². The number of nitrogens with zero attached hydrogens (tertiary/aromatic N) is 1. The Morgan fingerprint density at radius 3 is 2.20 bits per heavy atom. The molecule has 1 aromatic heterocycles. The van der Waals surface area contributed by atoms with E-state index in [1.54, 1.807) is 6.92 Å². The van der Waals surface area contributed by atoms with E-state index in [1.165, 1.54) is 16.8 Å². The van der Waals surface area contributed by atoms with Gasteiger partial charge in [-0.1, -0.05) is 60.7 Å². The average molecular weight is 325 g/mol. The van der Waals surface area contributed by atoms with Crippen LogP contribution in [-0.4, -0.2) is 10.4 Å². The molecule has 2 heteroatoms. The number of benzene rings is 3. The van der Waals surface area contributed by atoms with Gasteiger partial charge in [-0.2, -0.15) is 0 Å². The summed E-state index contributed by atoms with van der Waals surface area (Å²) in [6, 6.07) is 29.0. The van der Waals surface area contributed by atoms with Crippen LogP contribution in [0.1, 0.15) is 22.8 Å². The van der Waals surface area contributed by atoms with Crippen molar-refractivity contribution in [1.82, 2.24) is 4.57 Å². The summed E-state index contributed by atoms with van der Waals surface area (Å²) < 4.78 is 2.32. The quantitative estimate of drug-likeness (QED) is 0.450. The second kappa shape index (κ2) is 6.40. The van der Waals surface area contributed by atoms with Crippen LogP contribution < -0.4 is 0 Å². The zero-order valence-electron chi connectivity index (χ0n) is 14.1. The van der Waals surface area contributed by atoms with Gasteiger partial charge >= 0.3 is 0 Å². The van der Waals surface area contributed by atoms with E-state index in [0.29, 0.717) is 0 Å². The van der Waals surface area contributed by atoms with Crippen molar-refractivity contribution in [2.24, 2.45) is 0 Å². The number of carbonyl (C=O) groups excluding carboxylic acids is 1. The van der Waals surface area contributed by atoms with Crippen LogP contribution in [0.15, 0.2) is 84.9 Å². The Hall–Kier alpha value is -3.13. The Kier molecular flexibility index (Phi) is 3.95. The summed E-state index contributed by atoms with van der Waals surface area (Å²) in [6.07, 6.45) is 0. The van der Waals surface area contributed by atoms with E-state index in [2.05, 4.69) is 65.2 Å². The molecule has 2 nitrogen and oxygen atoms in total. The van der Waals surface area contributed by atoms with Gasteiger partial charge in [0.05, 0.1) is 0 Å². The minimum Gasteiger partial charge on any atom is -0.336 e. The summed E-state index contributed by atoms with van der Waals surface area (Å²) in [6.45, 7) is 2.41. The third-order valence-corrected chi connectivity index (χ3v) is 4.56. The minimum atomic E-state index is 0.0963. The predicted octanol–water partition coefficient (Wildman–Crippen LogP) is 5.56. The lowest BCUT2D eigenvalue weighted by Crippen LogP contribution is -2.01. The van der Waals surface area contributed by atoms with Crippen molar-refractivity contribution in [3.8, 4) is 11.3 Å². The molecule has 0 unspecified atom stereocenters. The highest BCUT2D eigenvalue weighted by Crippen LogP contribution is 2.30. The van der Waals surface area contributed by atoms with E-state index in [9.17, 15) is 4.79 Å². The molecule has 4 rings (SSSR count).